The van der Waals surface area contributed by atoms with E-state index in [1.54, 1.807) is 7.11 Å². The molecule has 0 aromatic heterocycles. The standard InChI is InChI=1S/C18H20N2O2/c1-17(2)16(19)20-15-10-9-13(22-3)11-14(15)18(17,21)12-7-5-4-6-8-12/h4-11,21H,1-3H3,(H2,19,20). The topological polar surface area (TPSA) is 67.8 Å². The molecular weight excluding hydrogens is 276 g/mol. The third kappa shape index (κ3) is 1.84. The summed E-state index contributed by atoms with van der Waals surface area (Å²) in [6.07, 6.45) is 0. The molecule has 0 spiro atoms. The molecule has 0 fully saturated rings. The van der Waals surface area contributed by atoms with E-state index in [0.717, 1.165) is 5.56 Å². The molecule has 1 aliphatic heterocycles. The molecule has 0 saturated heterocycles. The lowest BCUT2D eigenvalue weighted by Crippen LogP contribution is -2.52. The van der Waals surface area contributed by atoms with Gasteiger partial charge in [0.1, 0.15) is 17.2 Å². The number of amidine groups is 1. The lowest BCUT2D eigenvalue weighted by Gasteiger charge is -2.46. The molecule has 0 saturated carbocycles. The van der Waals surface area contributed by atoms with Gasteiger partial charge in [-0.1, -0.05) is 30.3 Å². The number of hydrogen-bond donors (Lipinski definition) is 2. The minimum Gasteiger partial charge on any atom is -0.497 e. The minimum atomic E-state index is -1.27. The van der Waals surface area contributed by atoms with Crippen LogP contribution in [-0.4, -0.2) is 18.1 Å². The van der Waals surface area contributed by atoms with E-state index < -0.39 is 11.0 Å². The molecule has 3 rings (SSSR count). The van der Waals surface area contributed by atoms with E-state index in [4.69, 9.17) is 10.5 Å². The lowest BCUT2D eigenvalue weighted by molar-refractivity contribution is -0.000548. The van der Waals surface area contributed by atoms with Crippen molar-refractivity contribution in [3.05, 3.63) is 59.7 Å². The number of fused-ring (bicyclic) bond motifs is 1. The van der Waals surface area contributed by atoms with Crippen LogP contribution in [0.4, 0.5) is 5.69 Å². The molecule has 4 nitrogen and oxygen atoms in total. The fourth-order valence-electron chi connectivity index (χ4n) is 3.02. The van der Waals surface area contributed by atoms with Gasteiger partial charge in [-0.15, -0.1) is 0 Å². The van der Waals surface area contributed by atoms with E-state index >= 15 is 0 Å². The zero-order chi connectivity index (χ0) is 16.0. The summed E-state index contributed by atoms with van der Waals surface area (Å²) in [7, 11) is 1.61. The first-order chi connectivity index (χ1) is 10.4. The number of aliphatic imine (C=N–C) groups is 1. The average Bonchev–Trinajstić information content (AvgIpc) is 2.54. The van der Waals surface area contributed by atoms with Crippen LogP contribution < -0.4 is 10.5 Å². The summed E-state index contributed by atoms with van der Waals surface area (Å²) in [6, 6.07) is 15.0. The quantitative estimate of drug-likeness (QED) is 0.895. The first kappa shape index (κ1) is 14.6. The van der Waals surface area contributed by atoms with Crippen molar-refractivity contribution < 1.29 is 9.84 Å². The highest BCUT2D eigenvalue weighted by molar-refractivity contribution is 5.93. The molecule has 22 heavy (non-hydrogen) atoms. The van der Waals surface area contributed by atoms with Crippen molar-refractivity contribution in [3.63, 3.8) is 0 Å². The Morgan fingerprint density at radius 2 is 1.77 bits per heavy atom. The van der Waals surface area contributed by atoms with Crippen LogP contribution in [0.1, 0.15) is 25.0 Å². The maximum absolute atomic E-state index is 11.7. The van der Waals surface area contributed by atoms with Gasteiger partial charge in [-0.05, 0) is 37.6 Å². The largest absolute Gasteiger partial charge is 0.497 e. The fourth-order valence-corrected chi connectivity index (χ4v) is 3.02. The van der Waals surface area contributed by atoms with E-state index in [-0.39, 0.29) is 0 Å². The van der Waals surface area contributed by atoms with E-state index in [1.807, 2.05) is 62.4 Å². The van der Waals surface area contributed by atoms with Gasteiger partial charge in [0.05, 0.1) is 18.2 Å². The predicted octanol–water partition coefficient (Wildman–Crippen LogP) is 2.96. The predicted molar refractivity (Wildman–Crippen MR) is 87.5 cm³/mol. The molecule has 2 aromatic rings. The summed E-state index contributed by atoms with van der Waals surface area (Å²) < 4.78 is 5.31. The van der Waals surface area contributed by atoms with Crippen LogP contribution in [0.15, 0.2) is 53.5 Å². The van der Waals surface area contributed by atoms with Crippen molar-refractivity contribution in [2.75, 3.05) is 7.11 Å². The summed E-state index contributed by atoms with van der Waals surface area (Å²) >= 11 is 0. The molecule has 1 heterocycles. The van der Waals surface area contributed by atoms with Gasteiger partial charge in [0.25, 0.3) is 0 Å². The van der Waals surface area contributed by atoms with Crippen molar-refractivity contribution in [3.8, 4) is 5.75 Å². The molecule has 0 amide bonds. The fraction of sp³-hybridized carbons (Fsp3) is 0.278. The average molecular weight is 296 g/mol. The Morgan fingerprint density at radius 3 is 2.41 bits per heavy atom. The molecular formula is C18H20N2O2. The first-order valence-electron chi connectivity index (χ1n) is 7.22. The van der Waals surface area contributed by atoms with Crippen LogP contribution in [0, 0.1) is 5.41 Å². The maximum atomic E-state index is 11.7. The van der Waals surface area contributed by atoms with Gasteiger partial charge in [-0.3, -0.25) is 0 Å². The molecule has 0 bridgehead atoms. The SMILES string of the molecule is COc1ccc2c(c1)C(O)(c1ccccc1)C(C)(C)C(N)=N2. The summed E-state index contributed by atoms with van der Waals surface area (Å²) in [6.45, 7) is 3.81. The van der Waals surface area contributed by atoms with E-state index in [2.05, 4.69) is 4.99 Å². The molecule has 1 aliphatic rings. The second kappa shape index (κ2) is 4.85. The van der Waals surface area contributed by atoms with Crippen molar-refractivity contribution in [1.82, 2.24) is 0 Å². The molecule has 114 valence electrons. The Labute approximate surface area is 130 Å². The number of nitrogens with zero attached hydrogens (tertiary/aromatic N) is 1. The third-order valence-electron chi connectivity index (χ3n) is 4.57. The van der Waals surface area contributed by atoms with Crippen LogP contribution in [-0.2, 0) is 5.60 Å². The van der Waals surface area contributed by atoms with Gasteiger partial charge in [-0.2, -0.15) is 0 Å². The highest BCUT2D eigenvalue weighted by Gasteiger charge is 2.52. The number of rotatable bonds is 2. The summed E-state index contributed by atoms with van der Waals surface area (Å²) in [5, 5.41) is 11.7. The maximum Gasteiger partial charge on any atom is 0.129 e. The minimum absolute atomic E-state index is 0.413. The van der Waals surface area contributed by atoms with Crippen LogP contribution in [0.3, 0.4) is 0 Å². The number of hydrogen-bond acceptors (Lipinski definition) is 4. The van der Waals surface area contributed by atoms with Crippen LogP contribution in [0.5, 0.6) is 5.75 Å². The zero-order valence-electron chi connectivity index (χ0n) is 13.0. The van der Waals surface area contributed by atoms with Crippen molar-refractivity contribution in [1.29, 1.82) is 0 Å². The molecule has 0 radical (unpaired) electrons. The molecule has 4 heteroatoms. The van der Waals surface area contributed by atoms with Gasteiger partial charge in [-0.25, -0.2) is 4.99 Å². The van der Waals surface area contributed by atoms with Crippen LogP contribution >= 0.6 is 0 Å². The highest BCUT2D eigenvalue weighted by atomic mass is 16.5. The van der Waals surface area contributed by atoms with Gasteiger partial charge < -0.3 is 15.6 Å². The Bertz CT molecular complexity index is 738. The van der Waals surface area contributed by atoms with Gasteiger partial charge in [0.2, 0.25) is 0 Å². The van der Waals surface area contributed by atoms with Crippen molar-refractivity contribution in [2.24, 2.45) is 16.1 Å². The Morgan fingerprint density at radius 1 is 1.09 bits per heavy atom. The van der Waals surface area contributed by atoms with E-state index in [9.17, 15) is 5.11 Å². The van der Waals surface area contributed by atoms with Gasteiger partial charge >= 0.3 is 0 Å². The number of ether oxygens (including phenoxy) is 1. The first-order valence-corrected chi connectivity index (χ1v) is 7.22. The summed E-state index contributed by atoms with van der Waals surface area (Å²) in [4.78, 5) is 4.47. The number of nitrogens with two attached hydrogens (primary N) is 1. The second-order valence-electron chi connectivity index (χ2n) is 6.08. The van der Waals surface area contributed by atoms with Crippen LogP contribution in [0.2, 0.25) is 0 Å². The number of benzene rings is 2. The van der Waals surface area contributed by atoms with Gasteiger partial charge in [0.15, 0.2) is 0 Å². The Balaban J connectivity index is 2.35. The normalized spacial score (nSPS) is 22.6. The number of aliphatic hydroxyl groups is 1. The second-order valence-corrected chi connectivity index (χ2v) is 6.08. The zero-order valence-corrected chi connectivity index (χ0v) is 13.0. The molecule has 1 unspecified atom stereocenters. The highest BCUT2D eigenvalue weighted by Crippen LogP contribution is 2.52. The summed E-state index contributed by atoms with van der Waals surface area (Å²) in [5.41, 5.74) is 6.31. The van der Waals surface area contributed by atoms with Crippen LogP contribution in [0.25, 0.3) is 0 Å². The smallest absolute Gasteiger partial charge is 0.129 e. The number of methoxy groups -OCH3 is 1. The Hall–Kier alpha value is -2.33. The third-order valence-corrected chi connectivity index (χ3v) is 4.57. The van der Waals surface area contributed by atoms with E-state index in [0.29, 0.717) is 22.8 Å². The lowest BCUT2D eigenvalue weighted by atomic mass is 9.64. The molecule has 1 atom stereocenters. The van der Waals surface area contributed by atoms with Crippen molar-refractivity contribution >= 4 is 11.5 Å². The molecule has 3 N–H and O–H groups in total. The molecule has 2 aromatic carbocycles. The Kier molecular flexibility index (Phi) is 3.22. The van der Waals surface area contributed by atoms with Gasteiger partial charge in [0, 0.05) is 5.56 Å². The monoisotopic (exact) mass is 296 g/mol. The van der Waals surface area contributed by atoms with Crippen molar-refractivity contribution in [2.45, 2.75) is 19.4 Å². The van der Waals surface area contributed by atoms with E-state index in [1.165, 1.54) is 0 Å². The molecule has 0 aliphatic carbocycles. The summed E-state index contributed by atoms with van der Waals surface area (Å²) in [5.74, 6) is 1.09.